The number of aliphatic carboxylic acids is 1. The number of hydrogen-bond acceptors (Lipinski definition) is 8. The number of amides is 3. The van der Waals surface area contributed by atoms with Crippen LogP contribution >= 0.6 is 0 Å². The number of aliphatic hydroxyl groups is 1. The summed E-state index contributed by atoms with van der Waals surface area (Å²) < 4.78 is 0. The highest BCUT2D eigenvalue weighted by atomic mass is 16.4. The minimum atomic E-state index is -1.24. The van der Waals surface area contributed by atoms with E-state index < -0.39 is 54.0 Å². The third-order valence-corrected chi connectivity index (χ3v) is 5.86. The molecule has 5 unspecified atom stereocenters. The summed E-state index contributed by atoms with van der Waals surface area (Å²) in [6, 6.07) is -0.512. The van der Waals surface area contributed by atoms with Crippen LogP contribution in [0, 0.1) is 5.41 Å². The van der Waals surface area contributed by atoms with E-state index in [1.807, 2.05) is 0 Å². The number of nitrogens with two attached hydrogens (primary N) is 2. The number of amidine groups is 1. The van der Waals surface area contributed by atoms with Gasteiger partial charge in [-0.15, -0.1) is 0 Å². The molecule has 0 radical (unpaired) electrons. The molecule has 0 spiro atoms. The van der Waals surface area contributed by atoms with Crippen molar-refractivity contribution in [1.82, 2.24) is 26.3 Å². The van der Waals surface area contributed by atoms with Gasteiger partial charge in [0.15, 0.2) is 0 Å². The van der Waals surface area contributed by atoms with Gasteiger partial charge in [0.1, 0.15) is 24.0 Å². The summed E-state index contributed by atoms with van der Waals surface area (Å²) in [5.74, 6) is -3.03. The Balaban J connectivity index is 1.90. The number of nitrogens with one attached hydrogen (secondary N) is 6. The third kappa shape index (κ3) is 9.33. The van der Waals surface area contributed by atoms with Gasteiger partial charge in [-0.25, -0.2) is 4.79 Å². The number of carboxylic acid groups (broad SMARTS) is 1. The van der Waals surface area contributed by atoms with E-state index in [0.29, 0.717) is 17.8 Å². The first-order valence-corrected chi connectivity index (χ1v) is 11.9. The van der Waals surface area contributed by atoms with Gasteiger partial charge in [-0.2, -0.15) is 0 Å². The minimum Gasteiger partial charge on any atom is -0.480 e. The normalized spacial score (nSPS) is 18.1. The molecule has 1 aliphatic rings. The van der Waals surface area contributed by atoms with Gasteiger partial charge in [0.2, 0.25) is 17.7 Å². The average Bonchev–Trinajstić information content (AvgIpc) is 3.52. The molecule has 5 atom stereocenters. The third-order valence-electron chi connectivity index (χ3n) is 5.86. The van der Waals surface area contributed by atoms with Gasteiger partial charge in [-0.3, -0.25) is 19.8 Å². The Morgan fingerprint density at radius 2 is 1.92 bits per heavy atom. The van der Waals surface area contributed by atoms with Gasteiger partial charge in [0.25, 0.3) is 0 Å². The van der Waals surface area contributed by atoms with Crippen molar-refractivity contribution in [3.63, 3.8) is 0 Å². The molecule has 0 aliphatic carbocycles. The van der Waals surface area contributed by atoms with Crippen LogP contribution in [0.4, 0.5) is 0 Å². The van der Waals surface area contributed by atoms with Crippen LogP contribution in [0.3, 0.4) is 0 Å². The minimum absolute atomic E-state index is 0.0276. The molecule has 3 amide bonds. The van der Waals surface area contributed by atoms with Crippen molar-refractivity contribution in [3.05, 3.63) is 35.7 Å². The molecule has 204 valence electrons. The number of H-pyrrole nitrogens is 1. The van der Waals surface area contributed by atoms with Crippen molar-refractivity contribution in [1.29, 1.82) is 5.41 Å². The lowest BCUT2D eigenvalue weighted by Gasteiger charge is -2.24. The van der Waals surface area contributed by atoms with Gasteiger partial charge >= 0.3 is 5.97 Å². The number of aromatic nitrogens is 1. The van der Waals surface area contributed by atoms with Crippen molar-refractivity contribution < 1.29 is 29.4 Å². The standard InChI is InChI=1S/C23H36N8O6/c1-12(32)18(24)22(35)31-15(10-13-6-9-28-19(13)20(25)26)21(34)29-8-3-5-17(33)30-16(23(36)37)11-14-4-2-7-27-14/h2,4,6-7,12,15-16,18-19,27-28,32H,3,5,8-11,24H2,1H3,(H3,25,26)(H,29,34)(H,30,33)(H,31,35)(H,36,37). The van der Waals surface area contributed by atoms with Crippen LogP contribution in [0.15, 0.2) is 30.0 Å². The fourth-order valence-corrected chi connectivity index (χ4v) is 3.76. The topological polar surface area (TPSA) is 249 Å². The number of aromatic amines is 1. The van der Waals surface area contributed by atoms with Gasteiger partial charge < -0.3 is 47.9 Å². The molecule has 2 rings (SSSR count). The number of carbonyl (C=O) groups is 4. The Kier molecular flexibility index (Phi) is 11.2. The molecular formula is C23H36N8O6. The first-order valence-electron chi connectivity index (χ1n) is 11.9. The lowest BCUT2D eigenvalue weighted by atomic mass is 9.99. The Morgan fingerprint density at radius 3 is 2.51 bits per heavy atom. The Hall–Kier alpha value is -3.75. The predicted molar refractivity (Wildman–Crippen MR) is 134 cm³/mol. The quantitative estimate of drug-likeness (QED) is 0.0505. The van der Waals surface area contributed by atoms with Gasteiger partial charge in [-0.05, 0) is 37.5 Å². The summed E-state index contributed by atoms with van der Waals surface area (Å²) in [6.07, 6.45) is 2.66. The first kappa shape index (κ1) is 29.5. The second-order valence-electron chi connectivity index (χ2n) is 8.86. The van der Waals surface area contributed by atoms with Crippen LogP contribution in [0.2, 0.25) is 0 Å². The molecular weight excluding hydrogens is 484 g/mol. The Morgan fingerprint density at radius 1 is 1.19 bits per heavy atom. The van der Waals surface area contributed by atoms with Crippen molar-refractivity contribution in [2.75, 3.05) is 13.1 Å². The second kappa shape index (κ2) is 14.1. The molecule has 1 aliphatic heterocycles. The maximum atomic E-state index is 12.9. The summed E-state index contributed by atoms with van der Waals surface area (Å²) in [5, 5.41) is 37.3. The van der Waals surface area contributed by atoms with E-state index >= 15 is 0 Å². The highest BCUT2D eigenvalue weighted by molar-refractivity contribution is 5.91. The zero-order valence-electron chi connectivity index (χ0n) is 20.6. The van der Waals surface area contributed by atoms with Crippen LogP contribution in [-0.4, -0.2) is 88.1 Å². The second-order valence-corrected chi connectivity index (χ2v) is 8.86. The van der Waals surface area contributed by atoms with Crippen molar-refractivity contribution in [3.8, 4) is 0 Å². The molecule has 0 bridgehead atoms. The number of aliphatic hydroxyl groups excluding tert-OH is 1. The van der Waals surface area contributed by atoms with Crippen LogP contribution in [-0.2, 0) is 25.6 Å². The fraction of sp³-hybridized carbons (Fsp3) is 0.522. The smallest absolute Gasteiger partial charge is 0.326 e. The molecule has 14 nitrogen and oxygen atoms in total. The van der Waals surface area contributed by atoms with Crippen LogP contribution in [0.1, 0.15) is 31.9 Å². The molecule has 1 aromatic heterocycles. The van der Waals surface area contributed by atoms with E-state index in [-0.39, 0.29) is 38.1 Å². The molecule has 37 heavy (non-hydrogen) atoms. The maximum Gasteiger partial charge on any atom is 0.326 e. The van der Waals surface area contributed by atoms with Crippen molar-refractivity contribution in [2.45, 2.75) is 62.9 Å². The van der Waals surface area contributed by atoms with E-state index in [1.165, 1.54) is 6.92 Å². The zero-order chi connectivity index (χ0) is 27.5. The largest absolute Gasteiger partial charge is 0.480 e. The molecule has 2 heterocycles. The Labute approximate surface area is 214 Å². The summed E-state index contributed by atoms with van der Waals surface area (Å²) in [6.45, 7) is 1.89. The molecule has 14 heteroatoms. The van der Waals surface area contributed by atoms with E-state index in [1.54, 1.807) is 24.4 Å². The monoisotopic (exact) mass is 520 g/mol. The van der Waals surface area contributed by atoms with Gasteiger partial charge in [0, 0.05) is 37.8 Å². The predicted octanol–water partition coefficient (Wildman–Crippen LogP) is -2.56. The molecule has 0 saturated heterocycles. The lowest BCUT2D eigenvalue weighted by molar-refractivity contribution is -0.141. The molecule has 0 fully saturated rings. The van der Waals surface area contributed by atoms with E-state index in [2.05, 4.69) is 26.3 Å². The molecule has 12 N–H and O–H groups in total. The first-order chi connectivity index (χ1) is 17.5. The summed E-state index contributed by atoms with van der Waals surface area (Å²) >= 11 is 0. The van der Waals surface area contributed by atoms with E-state index in [4.69, 9.17) is 16.9 Å². The van der Waals surface area contributed by atoms with Crippen LogP contribution < -0.4 is 32.7 Å². The number of carbonyl (C=O) groups excluding carboxylic acids is 3. The van der Waals surface area contributed by atoms with Crippen LogP contribution in [0.25, 0.3) is 0 Å². The zero-order valence-corrected chi connectivity index (χ0v) is 20.6. The average molecular weight is 521 g/mol. The van der Waals surface area contributed by atoms with Crippen LogP contribution in [0.5, 0.6) is 0 Å². The molecule has 0 saturated carbocycles. The molecule has 0 aromatic carbocycles. The van der Waals surface area contributed by atoms with Gasteiger partial charge in [0.05, 0.1) is 12.1 Å². The lowest BCUT2D eigenvalue weighted by Crippen LogP contribution is -2.55. The molecule has 1 aromatic rings. The van der Waals surface area contributed by atoms with E-state index in [9.17, 15) is 29.4 Å². The highest BCUT2D eigenvalue weighted by Gasteiger charge is 2.30. The number of rotatable bonds is 15. The highest BCUT2D eigenvalue weighted by Crippen LogP contribution is 2.16. The summed E-state index contributed by atoms with van der Waals surface area (Å²) in [5.41, 5.74) is 12.6. The number of hydrogen-bond donors (Lipinski definition) is 10. The number of carboxylic acids is 1. The van der Waals surface area contributed by atoms with Crippen molar-refractivity contribution >= 4 is 29.5 Å². The maximum absolute atomic E-state index is 12.9. The fourth-order valence-electron chi connectivity index (χ4n) is 3.76. The summed E-state index contributed by atoms with van der Waals surface area (Å²) in [4.78, 5) is 51.9. The van der Waals surface area contributed by atoms with E-state index in [0.717, 1.165) is 0 Å². The van der Waals surface area contributed by atoms with Crippen molar-refractivity contribution in [2.24, 2.45) is 11.5 Å². The summed E-state index contributed by atoms with van der Waals surface area (Å²) in [7, 11) is 0. The SMILES string of the molecule is CC(O)C(N)C(=O)NC(CC1=CCNC1C(=N)N)C(=O)NCCCC(=O)NC(Cc1ccc[nH]1)C(=O)O. The Bertz CT molecular complexity index is 993. The van der Waals surface area contributed by atoms with Gasteiger partial charge in [-0.1, -0.05) is 6.08 Å².